The van der Waals surface area contributed by atoms with Crippen molar-refractivity contribution in [3.05, 3.63) is 205 Å². The smallest absolute Gasteiger partial charge is 0.0560 e. The van der Waals surface area contributed by atoms with Gasteiger partial charge in [-0.3, -0.25) is 0 Å². The third-order valence-corrected chi connectivity index (χ3v) is 16.5. The van der Waals surface area contributed by atoms with E-state index in [-0.39, 0.29) is 0 Å². The van der Waals surface area contributed by atoms with Crippen LogP contribution in [0.4, 0.5) is 0 Å². The van der Waals surface area contributed by atoms with Crippen LogP contribution in [0.1, 0.15) is 99.6 Å². The summed E-state index contributed by atoms with van der Waals surface area (Å²) in [6.45, 7) is 0. The second-order valence-electron chi connectivity index (χ2n) is 20.5. The minimum atomic E-state index is 0.305. The van der Waals surface area contributed by atoms with Crippen molar-refractivity contribution in [3.63, 3.8) is 0 Å². The SMILES string of the molecule is C1=CCC(n2c3ccc(-c4ccc5c(c4)c4cc(-c6ccc7c(c6)c6ccc(C8CCCCC8)cc6n7-c6ccccc6)ccc4n5-c4ccccc4)cc3c3ccc(C4CCCCC4)cc32)C=C1. The van der Waals surface area contributed by atoms with Gasteiger partial charge in [0.15, 0.2) is 0 Å². The van der Waals surface area contributed by atoms with E-state index in [9.17, 15) is 0 Å². The Kier molecular flexibility index (Phi) is 9.85. The summed E-state index contributed by atoms with van der Waals surface area (Å²) >= 11 is 0. The molecule has 3 aromatic heterocycles. The molecular weight excluding hydrogens is 835 g/mol. The van der Waals surface area contributed by atoms with Gasteiger partial charge in [-0.05, 0) is 162 Å². The Morgan fingerprint density at radius 2 is 0.768 bits per heavy atom. The lowest BCUT2D eigenvalue weighted by Gasteiger charge is -2.23. The number of fused-ring (bicyclic) bond motifs is 9. The first kappa shape index (κ1) is 40.7. The van der Waals surface area contributed by atoms with Crippen LogP contribution in [0.5, 0.6) is 0 Å². The normalized spacial score (nSPS) is 17.1. The lowest BCUT2D eigenvalue weighted by Crippen LogP contribution is -2.08. The predicted octanol–water partition coefficient (Wildman–Crippen LogP) is 18.5. The molecule has 0 saturated heterocycles. The highest BCUT2D eigenvalue weighted by atomic mass is 15.0. The Bertz CT molecular complexity index is 3820. The molecule has 0 aliphatic heterocycles. The maximum Gasteiger partial charge on any atom is 0.0560 e. The first-order chi connectivity index (χ1) is 34.2. The highest BCUT2D eigenvalue weighted by molar-refractivity contribution is 6.14. The monoisotopic (exact) mass is 891 g/mol. The molecule has 3 nitrogen and oxygen atoms in total. The van der Waals surface area contributed by atoms with Crippen molar-refractivity contribution in [2.45, 2.75) is 88.5 Å². The Balaban J connectivity index is 0.918. The molecule has 336 valence electrons. The minimum Gasteiger partial charge on any atom is -0.333 e. The predicted molar refractivity (Wildman–Crippen MR) is 293 cm³/mol. The van der Waals surface area contributed by atoms with Crippen molar-refractivity contribution >= 4 is 65.4 Å². The minimum absolute atomic E-state index is 0.305. The van der Waals surface area contributed by atoms with E-state index in [0.29, 0.717) is 17.9 Å². The highest BCUT2D eigenvalue weighted by Gasteiger charge is 2.23. The summed E-state index contributed by atoms with van der Waals surface area (Å²) in [5, 5.41) is 7.84. The number of aromatic nitrogens is 3. The van der Waals surface area contributed by atoms with Gasteiger partial charge in [0.25, 0.3) is 0 Å². The summed E-state index contributed by atoms with van der Waals surface area (Å²) in [6, 6.07) is 65.6. The Morgan fingerprint density at radius 1 is 0.333 bits per heavy atom. The van der Waals surface area contributed by atoms with E-state index in [0.717, 1.165) is 6.42 Å². The van der Waals surface area contributed by atoms with Crippen LogP contribution in [0.2, 0.25) is 0 Å². The number of nitrogens with zero attached hydrogens (tertiary/aromatic N) is 3. The Hall–Kier alpha value is -7.36. The van der Waals surface area contributed by atoms with Crippen molar-refractivity contribution in [2.24, 2.45) is 0 Å². The quantitative estimate of drug-likeness (QED) is 0.151. The molecular formula is C66H57N3. The summed E-state index contributed by atoms with van der Waals surface area (Å²) in [5.41, 5.74) is 18.0. The molecule has 0 spiro atoms. The van der Waals surface area contributed by atoms with Gasteiger partial charge in [0.05, 0.1) is 28.1 Å². The fourth-order valence-electron chi connectivity index (χ4n) is 13.1. The molecule has 2 fully saturated rings. The van der Waals surface area contributed by atoms with Crippen molar-refractivity contribution in [3.8, 4) is 33.6 Å². The molecule has 1 unspecified atom stereocenters. The molecule has 2 saturated carbocycles. The zero-order valence-corrected chi connectivity index (χ0v) is 39.3. The van der Waals surface area contributed by atoms with Crippen LogP contribution in [0.3, 0.4) is 0 Å². The first-order valence-corrected chi connectivity index (χ1v) is 25.9. The summed E-state index contributed by atoms with van der Waals surface area (Å²) in [7, 11) is 0. The van der Waals surface area contributed by atoms with Gasteiger partial charge in [0.2, 0.25) is 0 Å². The van der Waals surface area contributed by atoms with Gasteiger partial charge in [-0.25, -0.2) is 0 Å². The van der Waals surface area contributed by atoms with Crippen LogP contribution < -0.4 is 0 Å². The van der Waals surface area contributed by atoms with E-state index < -0.39 is 0 Å². The molecule has 14 rings (SSSR count). The van der Waals surface area contributed by atoms with Gasteiger partial charge in [0, 0.05) is 54.7 Å². The lowest BCUT2D eigenvalue weighted by atomic mass is 9.84. The van der Waals surface area contributed by atoms with Crippen molar-refractivity contribution in [2.75, 3.05) is 0 Å². The van der Waals surface area contributed by atoms with Crippen molar-refractivity contribution < 1.29 is 0 Å². The molecule has 0 amide bonds. The molecule has 8 aromatic carbocycles. The summed E-state index contributed by atoms with van der Waals surface area (Å²) in [6.07, 6.45) is 23.5. The lowest BCUT2D eigenvalue weighted by molar-refractivity contribution is 0.444. The first-order valence-electron chi connectivity index (χ1n) is 25.9. The number of hydrogen-bond acceptors (Lipinski definition) is 0. The second kappa shape index (κ2) is 16.7. The van der Waals surface area contributed by atoms with Crippen LogP contribution in [0.25, 0.3) is 99.0 Å². The zero-order valence-electron chi connectivity index (χ0n) is 39.3. The van der Waals surface area contributed by atoms with Crippen LogP contribution in [-0.2, 0) is 0 Å². The molecule has 3 heterocycles. The summed E-state index contributed by atoms with van der Waals surface area (Å²) in [4.78, 5) is 0. The summed E-state index contributed by atoms with van der Waals surface area (Å²) in [5.74, 6) is 1.32. The van der Waals surface area contributed by atoms with E-state index in [2.05, 4.69) is 208 Å². The number of rotatable bonds is 7. The molecule has 3 heteroatoms. The average Bonchev–Trinajstić information content (AvgIpc) is 4.06. The number of allylic oxidation sites excluding steroid dienone is 4. The number of benzene rings is 8. The van der Waals surface area contributed by atoms with Gasteiger partial charge in [-0.2, -0.15) is 0 Å². The van der Waals surface area contributed by atoms with Gasteiger partial charge in [-0.1, -0.05) is 148 Å². The summed E-state index contributed by atoms with van der Waals surface area (Å²) < 4.78 is 7.57. The zero-order chi connectivity index (χ0) is 45.4. The number of para-hydroxylation sites is 2. The molecule has 0 bridgehead atoms. The van der Waals surface area contributed by atoms with Crippen LogP contribution >= 0.6 is 0 Å². The van der Waals surface area contributed by atoms with Crippen LogP contribution in [0.15, 0.2) is 194 Å². The molecule has 69 heavy (non-hydrogen) atoms. The van der Waals surface area contributed by atoms with E-state index in [1.807, 2.05) is 0 Å². The van der Waals surface area contributed by atoms with Crippen molar-refractivity contribution in [1.29, 1.82) is 0 Å². The van der Waals surface area contributed by atoms with E-state index >= 15 is 0 Å². The van der Waals surface area contributed by atoms with E-state index in [1.54, 1.807) is 0 Å². The maximum atomic E-state index is 2.63. The Morgan fingerprint density at radius 3 is 1.26 bits per heavy atom. The standard InChI is InChI=1S/C66H57N3/c1-6-16-44(17-7-1)50-26-32-55-57-38-46(28-34-61(57)68(65(55)42-50)53-22-12-4-13-23-53)48-30-36-63-59(40-48)60-41-49(31-37-64(60)67(63)52-20-10-3-11-21-52)47-29-35-62-58(39-47)56-33-27-51(45-18-8-2-9-19-45)43-66(56)69(62)54-24-14-5-15-25-54/h3-5,10-15,20-24,26-45,54H,1-2,6-9,16-19,25H2. The van der Waals surface area contributed by atoms with Gasteiger partial charge >= 0.3 is 0 Å². The average molecular weight is 892 g/mol. The van der Waals surface area contributed by atoms with Crippen molar-refractivity contribution in [1.82, 2.24) is 13.7 Å². The molecule has 3 aliphatic carbocycles. The fraction of sp³-hybridized carbons (Fsp3) is 0.212. The van der Waals surface area contributed by atoms with Gasteiger partial charge in [-0.15, -0.1) is 0 Å². The second-order valence-corrected chi connectivity index (χ2v) is 20.5. The Labute approximate surface area is 404 Å². The highest BCUT2D eigenvalue weighted by Crippen LogP contribution is 2.44. The fourth-order valence-corrected chi connectivity index (χ4v) is 13.1. The maximum absolute atomic E-state index is 2.63. The number of hydrogen-bond donors (Lipinski definition) is 0. The van der Waals surface area contributed by atoms with E-state index in [1.165, 1.54) is 174 Å². The van der Waals surface area contributed by atoms with Gasteiger partial charge < -0.3 is 13.7 Å². The topological polar surface area (TPSA) is 14.8 Å². The molecule has 0 N–H and O–H groups in total. The van der Waals surface area contributed by atoms with E-state index in [4.69, 9.17) is 0 Å². The largest absolute Gasteiger partial charge is 0.333 e. The van der Waals surface area contributed by atoms with Crippen LogP contribution in [-0.4, -0.2) is 13.7 Å². The molecule has 1 atom stereocenters. The molecule has 0 radical (unpaired) electrons. The molecule has 3 aliphatic rings. The third-order valence-electron chi connectivity index (χ3n) is 16.5. The molecule has 11 aromatic rings. The van der Waals surface area contributed by atoms with Gasteiger partial charge in [0.1, 0.15) is 0 Å². The van der Waals surface area contributed by atoms with Crippen LogP contribution in [0, 0.1) is 0 Å². The third kappa shape index (κ3) is 6.84.